The lowest BCUT2D eigenvalue weighted by molar-refractivity contribution is -0.385. The van der Waals surface area contributed by atoms with Gasteiger partial charge in [0, 0.05) is 31.2 Å². The predicted molar refractivity (Wildman–Crippen MR) is 73.6 cm³/mol. The predicted octanol–water partition coefficient (Wildman–Crippen LogP) is 1.12. The molecule has 0 spiro atoms. The van der Waals surface area contributed by atoms with E-state index >= 15 is 0 Å². The molecule has 0 radical (unpaired) electrons. The Morgan fingerprint density at radius 1 is 1.55 bits per heavy atom. The van der Waals surface area contributed by atoms with Crippen molar-refractivity contribution >= 4 is 11.6 Å². The Hall–Kier alpha value is -2.02. The van der Waals surface area contributed by atoms with Gasteiger partial charge in [0.1, 0.15) is 6.20 Å². The van der Waals surface area contributed by atoms with Crippen LogP contribution in [-0.4, -0.2) is 45.9 Å². The number of aromatic nitrogens is 1. The Balaban J connectivity index is 2.33. The van der Waals surface area contributed by atoms with Crippen LogP contribution in [0, 0.1) is 17.0 Å². The molecule has 20 heavy (non-hydrogen) atoms. The zero-order valence-corrected chi connectivity index (χ0v) is 11.8. The third kappa shape index (κ3) is 2.62. The third-order valence-corrected chi connectivity index (χ3v) is 3.81. The highest BCUT2D eigenvalue weighted by Gasteiger charge is 2.30. The van der Waals surface area contributed by atoms with Crippen molar-refractivity contribution in [1.82, 2.24) is 15.2 Å². The van der Waals surface area contributed by atoms with Crippen molar-refractivity contribution in [2.75, 3.05) is 13.1 Å². The van der Waals surface area contributed by atoms with Gasteiger partial charge in [0.2, 0.25) is 0 Å². The number of nitrogens with zero attached hydrogens (tertiary/aromatic N) is 3. The van der Waals surface area contributed by atoms with Gasteiger partial charge in [-0.3, -0.25) is 19.9 Å². The van der Waals surface area contributed by atoms with Crippen LogP contribution in [0.1, 0.15) is 29.9 Å². The van der Waals surface area contributed by atoms with E-state index in [9.17, 15) is 14.9 Å². The molecular weight excluding hydrogens is 260 g/mol. The molecule has 7 nitrogen and oxygen atoms in total. The first-order chi connectivity index (χ1) is 9.41. The van der Waals surface area contributed by atoms with Crippen LogP contribution in [0.3, 0.4) is 0 Å². The van der Waals surface area contributed by atoms with E-state index in [-0.39, 0.29) is 23.7 Å². The van der Waals surface area contributed by atoms with Gasteiger partial charge in [-0.05, 0) is 20.8 Å². The van der Waals surface area contributed by atoms with Crippen molar-refractivity contribution in [2.45, 2.75) is 32.9 Å². The van der Waals surface area contributed by atoms with Gasteiger partial charge in [0.15, 0.2) is 0 Å². The van der Waals surface area contributed by atoms with E-state index in [1.54, 1.807) is 11.8 Å². The van der Waals surface area contributed by atoms with E-state index in [0.29, 0.717) is 17.8 Å². The van der Waals surface area contributed by atoms with Crippen molar-refractivity contribution in [3.63, 3.8) is 0 Å². The molecule has 2 rings (SSSR count). The summed E-state index contributed by atoms with van der Waals surface area (Å²) in [5.41, 5.74) is 0.661. The van der Waals surface area contributed by atoms with Crippen molar-refractivity contribution in [2.24, 2.45) is 0 Å². The molecule has 1 N–H and O–H groups in total. The summed E-state index contributed by atoms with van der Waals surface area (Å²) in [4.78, 5) is 28.6. The molecule has 7 heteroatoms. The lowest BCUT2D eigenvalue weighted by Crippen LogP contribution is -2.57. The van der Waals surface area contributed by atoms with Gasteiger partial charge in [-0.1, -0.05) is 0 Å². The van der Waals surface area contributed by atoms with Crippen LogP contribution in [0.4, 0.5) is 5.69 Å². The third-order valence-electron chi connectivity index (χ3n) is 3.81. The smallest absolute Gasteiger partial charge is 0.288 e. The maximum Gasteiger partial charge on any atom is 0.288 e. The Bertz CT molecular complexity index is 546. The molecule has 1 aliphatic rings. The molecule has 1 fully saturated rings. The number of carbonyl (C=O) groups is 1. The molecule has 0 saturated carbocycles. The molecule has 2 heterocycles. The van der Waals surface area contributed by atoms with Gasteiger partial charge in [0.25, 0.3) is 11.6 Å². The van der Waals surface area contributed by atoms with Gasteiger partial charge in [-0.25, -0.2) is 0 Å². The fourth-order valence-corrected chi connectivity index (χ4v) is 2.34. The first kappa shape index (κ1) is 14.4. The van der Waals surface area contributed by atoms with Crippen LogP contribution in [0.15, 0.2) is 12.3 Å². The van der Waals surface area contributed by atoms with Gasteiger partial charge in [-0.2, -0.15) is 0 Å². The Labute approximate surface area is 117 Å². The zero-order chi connectivity index (χ0) is 14.9. The van der Waals surface area contributed by atoms with Gasteiger partial charge in [0.05, 0.1) is 16.2 Å². The standard InChI is InChI=1S/C13H18N4O3/c1-8-10(3)16(5-4-14-8)13(18)12-6-11(17(19)20)7-15-9(12)2/h6-8,10,14H,4-5H2,1-3H3. The van der Waals surface area contributed by atoms with Crippen LogP contribution in [-0.2, 0) is 0 Å². The topological polar surface area (TPSA) is 88.4 Å². The SMILES string of the molecule is Cc1ncc([N+](=O)[O-])cc1C(=O)N1CCNC(C)C1C. The molecule has 1 aromatic heterocycles. The number of carbonyl (C=O) groups excluding carboxylic acids is 1. The van der Waals surface area contributed by atoms with Gasteiger partial charge >= 0.3 is 0 Å². The number of rotatable bonds is 2. The number of amides is 1. The lowest BCUT2D eigenvalue weighted by Gasteiger charge is -2.38. The summed E-state index contributed by atoms with van der Waals surface area (Å²) in [7, 11) is 0. The second-order valence-electron chi connectivity index (χ2n) is 5.07. The maximum absolute atomic E-state index is 12.6. The minimum absolute atomic E-state index is 0.0370. The molecule has 1 aromatic rings. The van der Waals surface area contributed by atoms with Gasteiger partial charge < -0.3 is 10.2 Å². The minimum Gasteiger partial charge on any atom is -0.333 e. The lowest BCUT2D eigenvalue weighted by atomic mass is 10.0. The minimum atomic E-state index is -0.535. The Morgan fingerprint density at radius 3 is 2.90 bits per heavy atom. The number of hydrogen-bond acceptors (Lipinski definition) is 5. The van der Waals surface area contributed by atoms with Crippen LogP contribution >= 0.6 is 0 Å². The molecule has 0 aliphatic carbocycles. The highest BCUT2D eigenvalue weighted by atomic mass is 16.6. The summed E-state index contributed by atoms with van der Waals surface area (Å²) < 4.78 is 0. The summed E-state index contributed by atoms with van der Waals surface area (Å²) in [6.07, 6.45) is 1.18. The number of nitrogens with one attached hydrogen (secondary N) is 1. The van der Waals surface area contributed by atoms with Crippen molar-refractivity contribution in [3.8, 4) is 0 Å². The molecule has 0 aromatic carbocycles. The maximum atomic E-state index is 12.6. The first-order valence-corrected chi connectivity index (χ1v) is 6.57. The summed E-state index contributed by atoms with van der Waals surface area (Å²) in [6, 6.07) is 1.54. The highest BCUT2D eigenvalue weighted by molar-refractivity contribution is 5.96. The van der Waals surface area contributed by atoms with E-state index in [0.717, 1.165) is 6.54 Å². The fraction of sp³-hybridized carbons (Fsp3) is 0.538. The number of pyridine rings is 1. The van der Waals surface area contributed by atoms with E-state index in [1.165, 1.54) is 12.3 Å². The average Bonchev–Trinajstić information content (AvgIpc) is 2.41. The molecule has 0 bridgehead atoms. The Morgan fingerprint density at radius 2 is 2.25 bits per heavy atom. The zero-order valence-electron chi connectivity index (χ0n) is 11.8. The number of aryl methyl sites for hydroxylation is 1. The quantitative estimate of drug-likeness (QED) is 0.647. The molecule has 2 unspecified atom stereocenters. The normalized spacial score (nSPS) is 22.6. The average molecular weight is 278 g/mol. The molecule has 1 saturated heterocycles. The van der Waals surface area contributed by atoms with E-state index in [4.69, 9.17) is 0 Å². The van der Waals surface area contributed by atoms with E-state index in [2.05, 4.69) is 10.3 Å². The monoisotopic (exact) mass is 278 g/mol. The van der Waals surface area contributed by atoms with Crippen LogP contribution in [0.5, 0.6) is 0 Å². The van der Waals surface area contributed by atoms with Crippen molar-refractivity contribution < 1.29 is 9.72 Å². The molecule has 1 aliphatic heterocycles. The van der Waals surface area contributed by atoms with Gasteiger partial charge in [-0.15, -0.1) is 0 Å². The number of piperazine rings is 1. The summed E-state index contributed by atoms with van der Waals surface area (Å²) in [6.45, 7) is 6.98. The molecule has 1 amide bonds. The molecular formula is C13H18N4O3. The number of hydrogen-bond donors (Lipinski definition) is 1. The summed E-state index contributed by atoms with van der Waals surface area (Å²) >= 11 is 0. The highest BCUT2D eigenvalue weighted by Crippen LogP contribution is 2.19. The Kier molecular flexibility index (Phi) is 3.99. The summed E-state index contributed by atoms with van der Waals surface area (Å²) in [5, 5.41) is 14.1. The second kappa shape index (κ2) is 5.54. The first-order valence-electron chi connectivity index (χ1n) is 6.57. The van der Waals surface area contributed by atoms with E-state index < -0.39 is 4.92 Å². The number of nitro groups is 1. The summed E-state index contributed by atoms with van der Waals surface area (Å²) in [5.74, 6) is -0.195. The molecule has 2 atom stereocenters. The largest absolute Gasteiger partial charge is 0.333 e. The van der Waals surface area contributed by atoms with Crippen LogP contribution < -0.4 is 5.32 Å². The van der Waals surface area contributed by atoms with Crippen molar-refractivity contribution in [3.05, 3.63) is 33.6 Å². The van der Waals surface area contributed by atoms with Crippen molar-refractivity contribution in [1.29, 1.82) is 0 Å². The molecule has 108 valence electrons. The van der Waals surface area contributed by atoms with E-state index in [1.807, 2.05) is 13.8 Å². The van der Waals surface area contributed by atoms with Crippen LogP contribution in [0.25, 0.3) is 0 Å². The fourth-order valence-electron chi connectivity index (χ4n) is 2.34. The van der Waals surface area contributed by atoms with Crippen LogP contribution in [0.2, 0.25) is 0 Å². The second-order valence-corrected chi connectivity index (χ2v) is 5.07.